The molecule has 0 amide bonds. The van der Waals surface area contributed by atoms with Crippen LogP contribution in [0.4, 0.5) is 11.4 Å². The summed E-state index contributed by atoms with van der Waals surface area (Å²) in [6.45, 7) is 15.4. The van der Waals surface area contributed by atoms with Crippen molar-refractivity contribution in [1.82, 2.24) is 19.9 Å². The minimum Gasteiger partial charge on any atom is -0.543 e. The fourth-order valence-electron chi connectivity index (χ4n) is 5.06. The molecule has 4 N–H and O–H groups in total. The minimum absolute atomic E-state index is 0.118. The molecule has 9 nitrogen and oxygen atoms in total. The van der Waals surface area contributed by atoms with Crippen LogP contribution in [0.3, 0.4) is 0 Å². The number of piperidine rings is 1. The van der Waals surface area contributed by atoms with E-state index in [1.165, 1.54) is 0 Å². The average Bonchev–Trinajstić information content (AvgIpc) is 3.43. The second kappa shape index (κ2) is 12.4. The number of nitrogens with zero attached hydrogens (tertiary/aromatic N) is 4. The molecule has 5 rings (SSSR count). The molecule has 0 atom stereocenters. The second-order valence-electron chi connectivity index (χ2n) is 12.8. The minimum atomic E-state index is -1.96. The molecule has 0 aliphatic carbocycles. The molecular formula is C33H45N7O2Si. The number of aliphatic imine (C=N–C) groups is 1. The van der Waals surface area contributed by atoms with Crippen molar-refractivity contribution in [3.8, 4) is 22.8 Å². The number of aromatic nitrogens is 3. The van der Waals surface area contributed by atoms with Crippen LogP contribution < -0.4 is 25.5 Å². The van der Waals surface area contributed by atoms with Gasteiger partial charge in [0.05, 0.1) is 35.8 Å². The summed E-state index contributed by atoms with van der Waals surface area (Å²) in [5, 5.41) is 12.1. The Hall–Kier alpha value is -3.89. The van der Waals surface area contributed by atoms with Crippen molar-refractivity contribution in [3.63, 3.8) is 0 Å². The van der Waals surface area contributed by atoms with Crippen molar-refractivity contribution >= 4 is 31.0 Å². The van der Waals surface area contributed by atoms with Crippen LogP contribution in [-0.2, 0) is 6.42 Å². The standard InChI is InChI=1S/C33H45N7O2Si/c1-8-22-17-26(42-43(6,7)33(2,3)4)10-11-28(22)39-32(34)27-20-37-40-21-24(23-9-12-30(41-5)36-19-23)18-29(40)31(27)38-25-13-15-35-16-14-25/h9-12,17-21,25,35,38H,8,13-16H2,1-7H3,(H2,34,39). The van der Waals surface area contributed by atoms with Crippen LogP contribution in [0, 0.1) is 0 Å². The number of ether oxygens (including phenoxy) is 1. The zero-order valence-electron chi connectivity index (χ0n) is 26.5. The smallest absolute Gasteiger partial charge is 0.250 e. The lowest BCUT2D eigenvalue weighted by atomic mass is 10.0. The summed E-state index contributed by atoms with van der Waals surface area (Å²) in [6, 6.07) is 12.5. The summed E-state index contributed by atoms with van der Waals surface area (Å²) in [5.41, 5.74) is 13.4. The van der Waals surface area contributed by atoms with Crippen LogP contribution in [-0.4, -0.2) is 55.0 Å². The van der Waals surface area contributed by atoms with Gasteiger partial charge in [0.25, 0.3) is 0 Å². The maximum absolute atomic E-state index is 6.79. The third-order valence-corrected chi connectivity index (χ3v) is 13.1. The van der Waals surface area contributed by atoms with Gasteiger partial charge in [-0.05, 0) is 86.4 Å². The van der Waals surface area contributed by atoms with Crippen molar-refractivity contribution < 1.29 is 9.16 Å². The monoisotopic (exact) mass is 599 g/mol. The molecule has 1 aliphatic rings. The first-order valence-corrected chi connectivity index (χ1v) is 18.1. The van der Waals surface area contributed by atoms with Gasteiger partial charge in [-0.3, -0.25) is 0 Å². The maximum Gasteiger partial charge on any atom is 0.250 e. The number of aryl methyl sites for hydroxylation is 1. The summed E-state index contributed by atoms with van der Waals surface area (Å²) in [6.07, 6.45) is 8.50. The van der Waals surface area contributed by atoms with Crippen molar-refractivity contribution in [2.45, 2.75) is 71.1 Å². The first-order valence-electron chi connectivity index (χ1n) is 15.1. The Labute approximate surface area is 256 Å². The lowest BCUT2D eigenvalue weighted by Gasteiger charge is -2.36. The molecule has 4 aromatic rings. The van der Waals surface area contributed by atoms with E-state index in [2.05, 4.69) is 68.5 Å². The molecule has 3 aromatic heterocycles. The van der Waals surface area contributed by atoms with E-state index in [1.807, 2.05) is 47.4 Å². The van der Waals surface area contributed by atoms with Crippen molar-refractivity contribution in [2.75, 3.05) is 25.5 Å². The molecule has 1 aromatic carbocycles. The summed E-state index contributed by atoms with van der Waals surface area (Å²) in [5.74, 6) is 1.90. The normalized spacial score (nSPS) is 15.1. The Morgan fingerprint density at radius 2 is 1.88 bits per heavy atom. The van der Waals surface area contributed by atoms with Crippen LogP contribution >= 0.6 is 0 Å². The number of rotatable bonds is 9. The van der Waals surface area contributed by atoms with Gasteiger partial charge in [-0.1, -0.05) is 27.7 Å². The van der Waals surface area contributed by atoms with Gasteiger partial charge in [0, 0.05) is 35.6 Å². The van der Waals surface area contributed by atoms with Crippen LogP contribution in [0.1, 0.15) is 51.7 Å². The number of nitrogens with one attached hydrogen (secondary N) is 2. The number of hydrogen-bond acceptors (Lipinski definition) is 7. The van der Waals surface area contributed by atoms with Gasteiger partial charge in [0.1, 0.15) is 11.6 Å². The number of methoxy groups -OCH3 is 1. The molecule has 1 fully saturated rings. The third kappa shape index (κ3) is 6.70. The van der Waals surface area contributed by atoms with Gasteiger partial charge in [-0.2, -0.15) is 5.10 Å². The zero-order chi connectivity index (χ0) is 30.8. The number of fused-ring (bicyclic) bond motifs is 1. The lowest BCUT2D eigenvalue weighted by molar-refractivity contribution is 0.398. The summed E-state index contributed by atoms with van der Waals surface area (Å²) in [7, 11) is -0.343. The van der Waals surface area contributed by atoms with E-state index in [0.717, 1.165) is 77.2 Å². The largest absolute Gasteiger partial charge is 0.543 e. The van der Waals surface area contributed by atoms with Crippen molar-refractivity contribution in [1.29, 1.82) is 0 Å². The Balaban J connectivity index is 1.53. The number of amidine groups is 1. The van der Waals surface area contributed by atoms with Crippen LogP contribution in [0.15, 0.2) is 60.0 Å². The van der Waals surface area contributed by atoms with Gasteiger partial charge in [-0.15, -0.1) is 0 Å². The highest BCUT2D eigenvalue weighted by Crippen LogP contribution is 2.38. The van der Waals surface area contributed by atoms with Crippen LogP contribution in [0.5, 0.6) is 11.6 Å². The summed E-state index contributed by atoms with van der Waals surface area (Å²) < 4.78 is 13.7. The molecule has 0 unspecified atom stereocenters. The molecule has 0 bridgehead atoms. The molecule has 0 radical (unpaired) electrons. The number of benzene rings is 1. The van der Waals surface area contributed by atoms with Crippen molar-refractivity contribution in [3.05, 3.63) is 66.1 Å². The molecule has 1 saturated heterocycles. The van der Waals surface area contributed by atoms with Gasteiger partial charge < -0.3 is 25.5 Å². The van der Waals surface area contributed by atoms with E-state index in [-0.39, 0.29) is 5.04 Å². The van der Waals surface area contributed by atoms with Crippen LogP contribution in [0.25, 0.3) is 16.6 Å². The van der Waals surface area contributed by atoms with Gasteiger partial charge in [0.2, 0.25) is 14.2 Å². The fourth-order valence-corrected chi connectivity index (χ4v) is 6.08. The van der Waals surface area contributed by atoms with E-state index in [0.29, 0.717) is 17.8 Å². The predicted molar refractivity (Wildman–Crippen MR) is 179 cm³/mol. The number of anilines is 1. The summed E-state index contributed by atoms with van der Waals surface area (Å²) >= 11 is 0. The van der Waals surface area contributed by atoms with E-state index < -0.39 is 8.32 Å². The van der Waals surface area contributed by atoms with Gasteiger partial charge in [0.15, 0.2) is 0 Å². The van der Waals surface area contributed by atoms with Crippen molar-refractivity contribution in [2.24, 2.45) is 10.7 Å². The number of nitrogens with two attached hydrogens (primary N) is 1. The SMILES string of the molecule is CCc1cc(O[Si](C)(C)C(C)(C)C)ccc1N=C(N)c1cnn2cc(-c3ccc(OC)nc3)cc2c1NC1CCNCC1. The molecule has 0 saturated carbocycles. The van der Waals surface area contributed by atoms with Gasteiger partial charge >= 0.3 is 0 Å². The lowest BCUT2D eigenvalue weighted by Crippen LogP contribution is -2.43. The molecule has 4 heterocycles. The van der Waals surface area contributed by atoms with E-state index >= 15 is 0 Å². The fraction of sp³-hybridized carbons (Fsp3) is 0.424. The highest BCUT2D eigenvalue weighted by molar-refractivity contribution is 6.74. The zero-order valence-corrected chi connectivity index (χ0v) is 27.5. The highest BCUT2D eigenvalue weighted by Gasteiger charge is 2.39. The Bertz CT molecular complexity index is 1600. The quantitative estimate of drug-likeness (QED) is 0.114. The number of pyridine rings is 1. The molecule has 1 aliphatic heterocycles. The van der Waals surface area contributed by atoms with E-state index in [4.69, 9.17) is 25.0 Å². The molecule has 43 heavy (non-hydrogen) atoms. The molecule has 10 heteroatoms. The maximum atomic E-state index is 6.79. The Kier molecular flexibility index (Phi) is 8.80. The van der Waals surface area contributed by atoms with Crippen LogP contribution in [0.2, 0.25) is 18.1 Å². The Morgan fingerprint density at radius 1 is 1.12 bits per heavy atom. The Morgan fingerprint density at radius 3 is 2.53 bits per heavy atom. The topological polar surface area (TPSA) is 111 Å². The predicted octanol–water partition coefficient (Wildman–Crippen LogP) is 6.55. The average molecular weight is 600 g/mol. The second-order valence-corrected chi connectivity index (χ2v) is 17.5. The van der Waals surface area contributed by atoms with Gasteiger partial charge in [-0.25, -0.2) is 14.5 Å². The number of hydrogen-bond donors (Lipinski definition) is 3. The molecular weight excluding hydrogens is 554 g/mol. The summed E-state index contributed by atoms with van der Waals surface area (Å²) in [4.78, 5) is 9.34. The first-order chi connectivity index (χ1) is 20.5. The third-order valence-electron chi connectivity index (χ3n) is 8.73. The van der Waals surface area contributed by atoms with E-state index in [1.54, 1.807) is 7.11 Å². The molecule has 228 valence electrons. The van der Waals surface area contributed by atoms with E-state index in [9.17, 15) is 0 Å². The highest BCUT2D eigenvalue weighted by atomic mass is 28.4. The molecule has 0 spiro atoms. The first kappa shape index (κ1) is 30.6.